The first kappa shape index (κ1) is 14.8. The highest BCUT2D eigenvalue weighted by atomic mass is 19.1. The van der Waals surface area contributed by atoms with Crippen LogP contribution in [0.25, 0.3) is 0 Å². The Morgan fingerprint density at radius 3 is 2.56 bits per heavy atom. The zero-order valence-electron chi connectivity index (χ0n) is 11.1. The molecule has 1 rings (SSSR count). The predicted octanol–water partition coefficient (Wildman–Crippen LogP) is 1.96. The summed E-state index contributed by atoms with van der Waals surface area (Å²) >= 11 is 0. The molecule has 1 N–H and O–H groups in total. The Morgan fingerprint density at radius 2 is 2.00 bits per heavy atom. The van der Waals surface area contributed by atoms with Gasteiger partial charge in [-0.25, -0.2) is 4.39 Å². The third-order valence-electron chi connectivity index (χ3n) is 3.17. The van der Waals surface area contributed by atoms with E-state index >= 15 is 0 Å². The molecule has 0 saturated heterocycles. The molecule has 0 heterocycles. The topological polar surface area (TPSA) is 40.5 Å². The van der Waals surface area contributed by atoms with Gasteiger partial charge in [-0.2, -0.15) is 0 Å². The second-order valence-electron chi connectivity index (χ2n) is 4.72. The first-order valence-corrected chi connectivity index (χ1v) is 6.07. The van der Waals surface area contributed by atoms with Gasteiger partial charge in [-0.1, -0.05) is 19.1 Å². The van der Waals surface area contributed by atoms with Crippen LogP contribution < -0.4 is 0 Å². The monoisotopic (exact) mass is 253 g/mol. The highest BCUT2D eigenvalue weighted by Gasteiger charge is 2.21. The van der Waals surface area contributed by atoms with Gasteiger partial charge < -0.3 is 10.0 Å². The Balaban J connectivity index is 2.71. The number of halogens is 1. The van der Waals surface area contributed by atoms with Crippen LogP contribution >= 0.6 is 0 Å². The number of ketones is 1. The second-order valence-corrected chi connectivity index (χ2v) is 4.72. The number of Topliss-reactive ketones (excluding diaryl/α,β-unsaturated/α-hetero) is 1. The molecule has 0 aliphatic heterocycles. The van der Waals surface area contributed by atoms with Crippen molar-refractivity contribution in [3.05, 3.63) is 35.6 Å². The molecule has 0 aromatic heterocycles. The van der Waals surface area contributed by atoms with Crippen molar-refractivity contribution in [1.82, 2.24) is 4.90 Å². The van der Waals surface area contributed by atoms with Crippen molar-refractivity contribution in [3.8, 4) is 0 Å². The van der Waals surface area contributed by atoms with Crippen LogP contribution in [0.1, 0.15) is 24.2 Å². The van der Waals surface area contributed by atoms with Crippen LogP contribution in [0.3, 0.4) is 0 Å². The van der Waals surface area contributed by atoms with E-state index in [1.54, 1.807) is 19.1 Å². The minimum Gasteiger partial charge on any atom is -0.395 e. The van der Waals surface area contributed by atoms with Crippen LogP contribution in [0.4, 0.5) is 4.39 Å². The van der Waals surface area contributed by atoms with Gasteiger partial charge in [0.2, 0.25) is 0 Å². The zero-order chi connectivity index (χ0) is 13.7. The minimum absolute atomic E-state index is 0.0131. The normalized spacial score (nSPS) is 14.6. The Labute approximate surface area is 107 Å². The van der Waals surface area contributed by atoms with Crippen molar-refractivity contribution in [2.24, 2.45) is 5.92 Å². The van der Waals surface area contributed by atoms with E-state index in [1.807, 2.05) is 18.9 Å². The molecule has 0 radical (unpaired) electrons. The van der Waals surface area contributed by atoms with Crippen molar-refractivity contribution in [2.75, 3.05) is 20.2 Å². The summed E-state index contributed by atoms with van der Waals surface area (Å²) in [5.74, 6) is -0.988. The third-order valence-corrected chi connectivity index (χ3v) is 3.17. The van der Waals surface area contributed by atoms with Gasteiger partial charge in [0.25, 0.3) is 0 Å². The second kappa shape index (κ2) is 6.61. The molecule has 0 bridgehead atoms. The van der Waals surface area contributed by atoms with E-state index in [0.717, 1.165) is 0 Å². The fourth-order valence-electron chi connectivity index (χ4n) is 1.76. The number of carbonyl (C=O) groups is 1. The maximum atomic E-state index is 13.5. The van der Waals surface area contributed by atoms with Gasteiger partial charge in [-0.3, -0.25) is 4.79 Å². The van der Waals surface area contributed by atoms with E-state index in [-0.39, 0.29) is 29.9 Å². The van der Waals surface area contributed by atoms with Gasteiger partial charge in [-0.15, -0.1) is 0 Å². The Morgan fingerprint density at radius 1 is 1.39 bits per heavy atom. The molecule has 2 unspecified atom stereocenters. The van der Waals surface area contributed by atoms with Crippen LogP contribution in [0.5, 0.6) is 0 Å². The van der Waals surface area contributed by atoms with Gasteiger partial charge in [0.15, 0.2) is 5.78 Å². The number of aliphatic hydroxyl groups excluding tert-OH is 1. The van der Waals surface area contributed by atoms with Gasteiger partial charge in [0.1, 0.15) is 5.82 Å². The van der Waals surface area contributed by atoms with Gasteiger partial charge in [0.05, 0.1) is 12.2 Å². The predicted molar refractivity (Wildman–Crippen MR) is 69.1 cm³/mol. The summed E-state index contributed by atoms with van der Waals surface area (Å²) in [4.78, 5) is 14.0. The number of hydrogen-bond acceptors (Lipinski definition) is 3. The summed E-state index contributed by atoms with van der Waals surface area (Å²) in [6.45, 7) is 4.18. The van der Waals surface area contributed by atoms with Gasteiger partial charge in [-0.05, 0) is 26.1 Å². The number of nitrogens with zero attached hydrogens (tertiary/aromatic N) is 1. The van der Waals surface area contributed by atoms with Crippen LogP contribution in [-0.2, 0) is 0 Å². The molecule has 100 valence electrons. The fourth-order valence-corrected chi connectivity index (χ4v) is 1.76. The number of carbonyl (C=O) groups excluding carboxylic acids is 1. The van der Waals surface area contributed by atoms with E-state index in [1.165, 1.54) is 12.1 Å². The molecular formula is C14H20FNO2. The largest absolute Gasteiger partial charge is 0.395 e. The average molecular weight is 253 g/mol. The lowest BCUT2D eigenvalue weighted by Gasteiger charge is -2.25. The van der Waals surface area contributed by atoms with Crippen LogP contribution in [0.15, 0.2) is 24.3 Å². The SMILES string of the molecule is CC(CN(C)C(C)CO)C(=O)c1ccccc1F. The summed E-state index contributed by atoms with van der Waals surface area (Å²) in [5.41, 5.74) is 0.134. The molecule has 2 atom stereocenters. The van der Waals surface area contributed by atoms with E-state index < -0.39 is 5.82 Å². The van der Waals surface area contributed by atoms with Crippen molar-refractivity contribution in [2.45, 2.75) is 19.9 Å². The Kier molecular flexibility index (Phi) is 5.44. The molecule has 1 aromatic rings. The molecule has 0 fully saturated rings. The van der Waals surface area contributed by atoms with E-state index in [4.69, 9.17) is 5.11 Å². The van der Waals surface area contributed by atoms with Crippen LogP contribution in [-0.4, -0.2) is 42.0 Å². The lowest BCUT2D eigenvalue weighted by Crippen LogP contribution is -2.37. The number of likely N-dealkylation sites (N-methyl/N-ethyl adjacent to an activating group) is 1. The Bertz CT molecular complexity index is 409. The molecule has 0 amide bonds. The molecule has 1 aromatic carbocycles. The van der Waals surface area contributed by atoms with Crippen LogP contribution in [0, 0.1) is 11.7 Å². The van der Waals surface area contributed by atoms with Crippen molar-refractivity contribution in [3.63, 3.8) is 0 Å². The molecule has 4 heteroatoms. The standard InChI is InChI=1S/C14H20FNO2/c1-10(8-16(3)11(2)9-17)14(18)12-6-4-5-7-13(12)15/h4-7,10-11,17H,8-9H2,1-3H3. The first-order chi connectivity index (χ1) is 8.47. The maximum Gasteiger partial charge on any atom is 0.169 e. The first-order valence-electron chi connectivity index (χ1n) is 6.07. The van der Waals surface area contributed by atoms with Gasteiger partial charge >= 0.3 is 0 Å². The highest BCUT2D eigenvalue weighted by Crippen LogP contribution is 2.14. The number of hydrogen-bond donors (Lipinski definition) is 1. The quantitative estimate of drug-likeness (QED) is 0.788. The fraction of sp³-hybridized carbons (Fsp3) is 0.500. The molecule has 18 heavy (non-hydrogen) atoms. The number of aliphatic hydroxyl groups is 1. The van der Waals surface area contributed by atoms with Crippen molar-refractivity contribution in [1.29, 1.82) is 0 Å². The van der Waals surface area contributed by atoms with E-state index in [2.05, 4.69) is 0 Å². The maximum absolute atomic E-state index is 13.5. The van der Waals surface area contributed by atoms with Crippen molar-refractivity contribution >= 4 is 5.78 Å². The highest BCUT2D eigenvalue weighted by molar-refractivity contribution is 5.98. The smallest absolute Gasteiger partial charge is 0.169 e. The lowest BCUT2D eigenvalue weighted by atomic mass is 9.98. The minimum atomic E-state index is -0.479. The van der Waals surface area contributed by atoms with Crippen molar-refractivity contribution < 1.29 is 14.3 Å². The lowest BCUT2D eigenvalue weighted by molar-refractivity contribution is 0.0859. The Hall–Kier alpha value is -1.26. The molecule has 3 nitrogen and oxygen atoms in total. The summed E-state index contributed by atoms with van der Waals surface area (Å²) in [6, 6.07) is 6.00. The molecule has 0 spiro atoms. The third kappa shape index (κ3) is 3.62. The molecule has 0 aliphatic rings. The number of benzene rings is 1. The summed E-state index contributed by atoms with van der Waals surface area (Å²) in [5, 5.41) is 9.03. The van der Waals surface area contributed by atoms with E-state index in [0.29, 0.717) is 6.54 Å². The number of rotatable bonds is 6. The molecule has 0 saturated carbocycles. The summed E-state index contributed by atoms with van der Waals surface area (Å²) in [7, 11) is 1.84. The van der Waals surface area contributed by atoms with Gasteiger partial charge in [0, 0.05) is 18.5 Å². The van der Waals surface area contributed by atoms with E-state index in [9.17, 15) is 9.18 Å². The molecular weight excluding hydrogens is 233 g/mol. The molecule has 0 aliphatic carbocycles. The summed E-state index contributed by atoms with van der Waals surface area (Å²) in [6.07, 6.45) is 0. The zero-order valence-corrected chi connectivity index (χ0v) is 11.1. The van der Waals surface area contributed by atoms with Crippen LogP contribution in [0.2, 0.25) is 0 Å². The summed E-state index contributed by atoms with van der Waals surface area (Å²) < 4.78 is 13.5. The average Bonchev–Trinajstić information content (AvgIpc) is 2.37.